The van der Waals surface area contributed by atoms with E-state index < -0.39 is 0 Å². The number of rotatable bonds is 4. The summed E-state index contributed by atoms with van der Waals surface area (Å²) in [4.78, 5) is 6.16. The predicted octanol–water partition coefficient (Wildman–Crippen LogP) is 2.18. The maximum Gasteiger partial charge on any atom is 0.151 e. The Morgan fingerprint density at radius 3 is 2.80 bits per heavy atom. The second-order valence-corrected chi connectivity index (χ2v) is 4.42. The zero-order chi connectivity index (χ0) is 14.5. The summed E-state index contributed by atoms with van der Waals surface area (Å²) < 4.78 is 5.33. The van der Waals surface area contributed by atoms with Crippen LogP contribution in [0.15, 0.2) is 36.5 Å². The average Bonchev–Trinajstić information content (AvgIpc) is 2.47. The van der Waals surface area contributed by atoms with E-state index in [-0.39, 0.29) is 0 Å². The number of hydrogen-bond donors (Lipinski definition) is 1. The number of nitrogens with two attached hydrogens (primary N) is 1. The molecule has 0 spiro atoms. The standard InChI is InChI=1S/C15H16N4O/c1-19(10-12-5-3-4-6-14(12)20-2)15-13(17)7-11(8-16)9-18-15/h3-7,9H,10,17H2,1-2H3. The molecule has 0 saturated heterocycles. The van der Waals surface area contributed by atoms with Crippen LogP contribution in [0.4, 0.5) is 11.5 Å². The molecular formula is C15H16N4O. The van der Waals surface area contributed by atoms with Crippen molar-refractivity contribution in [2.24, 2.45) is 0 Å². The van der Waals surface area contributed by atoms with E-state index in [1.165, 1.54) is 6.20 Å². The molecule has 0 unspecified atom stereocenters. The van der Waals surface area contributed by atoms with E-state index in [4.69, 9.17) is 15.7 Å². The van der Waals surface area contributed by atoms with Gasteiger partial charge in [-0.15, -0.1) is 0 Å². The van der Waals surface area contributed by atoms with Gasteiger partial charge in [0.1, 0.15) is 11.8 Å². The third kappa shape index (κ3) is 2.81. The van der Waals surface area contributed by atoms with Gasteiger partial charge in [-0.3, -0.25) is 0 Å². The Kier molecular flexibility index (Phi) is 4.06. The lowest BCUT2D eigenvalue weighted by Crippen LogP contribution is -2.19. The highest BCUT2D eigenvalue weighted by molar-refractivity contribution is 5.64. The van der Waals surface area contributed by atoms with Crippen LogP contribution >= 0.6 is 0 Å². The number of ether oxygens (including phenoxy) is 1. The highest BCUT2D eigenvalue weighted by Gasteiger charge is 2.11. The number of para-hydroxylation sites is 1. The average molecular weight is 268 g/mol. The Labute approximate surface area is 118 Å². The van der Waals surface area contributed by atoms with Crippen molar-refractivity contribution in [3.05, 3.63) is 47.7 Å². The van der Waals surface area contributed by atoms with Gasteiger partial charge >= 0.3 is 0 Å². The molecule has 0 fully saturated rings. The minimum atomic E-state index is 0.456. The summed E-state index contributed by atoms with van der Waals surface area (Å²) in [5, 5.41) is 8.82. The second-order valence-electron chi connectivity index (χ2n) is 4.42. The van der Waals surface area contributed by atoms with Crippen molar-refractivity contribution in [1.29, 1.82) is 5.26 Å². The number of anilines is 2. The van der Waals surface area contributed by atoms with Crippen LogP contribution in [-0.4, -0.2) is 19.1 Å². The Bertz CT molecular complexity index is 649. The molecule has 0 aliphatic heterocycles. The topological polar surface area (TPSA) is 75.2 Å². The fourth-order valence-electron chi connectivity index (χ4n) is 2.02. The normalized spacial score (nSPS) is 9.85. The van der Waals surface area contributed by atoms with Crippen LogP contribution in [0.3, 0.4) is 0 Å². The Morgan fingerprint density at radius 2 is 2.15 bits per heavy atom. The van der Waals surface area contributed by atoms with Crippen molar-refractivity contribution in [1.82, 2.24) is 4.98 Å². The highest BCUT2D eigenvalue weighted by atomic mass is 16.5. The van der Waals surface area contributed by atoms with Crippen molar-refractivity contribution >= 4 is 11.5 Å². The van der Waals surface area contributed by atoms with Gasteiger partial charge in [-0.05, 0) is 12.1 Å². The number of benzene rings is 1. The lowest BCUT2D eigenvalue weighted by atomic mass is 10.2. The number of aromatic nitrogens is 1. The summed E-state index contributed by atoms with van der Waals surface area (Å²) >= 11 is 0. The Hall–Kier alpha value is -2.74. The largest absolute Gasteiger partial charge is 0.496 e. The third-order valence-electron chi connectivity index (χ3n) is 2.99. The maximum atomic E-state index is 8.82. The summed E-state index contributed by atoms with van der Waals surface area (Å²) in [6.45, 7) is 0.618. The van der Waals surface area contributed by atoms with Crippen LogP contribution in [0.2, 0.25) is 0 Å². The van der Waals surface area contributed by atoms with E-state index in [0.29, 0.717) is 23.6 Å². The predicted molar refractivity (Wildman–Crippen MR) is 78.5 cm³/mol. The molecular weight excluding hydrogens is 252 g/mol. The molecule has 20 heavy (non-hydrogen) atoms. The molecule has 0 saturated carbocycles. The molecule has 5 heteroatoms. The van der Waals surface area contributed by atoms with Crippen molar-refractivity contribution in [3.8, 4) is 11.8 Å². The maximum absolute atomic E-state index is 8.82. The first kappa shape index (κ1) is 13.7. The van der Waals surface area contributed by atoms with E-state index in [1.54, 1.807) is 13.2 Å². The van der Waals surface area contributed by atoms with Crippen LogP contribution in [0.5, 0.6) is 5.75 Å². The molecule has 2 N–H and O–H groups in total. The molecule has 1 heterocycles. The van der Waals surface area contributed by atoms with E-state index >= 15 is 0 Å². The molecule has 0 amide bonds. The van der Waals surface area contributed by atoms with Crippen molar-refractivity contribution in [2.75, 3.05) is 24.8 Å². The first-order chi connectivity index (χ1) is 9.65. The Balaban J connectivity index is 2.24. The molecule has 0 bridgehead atoms. The molecule has 5 nitrogen and oxygen atoms in total. The van der Waals surface area contributed by atoms with Crippen LogP contribution in [0.25, 0.3) is 0 Å². The zero-order valence-electron chi connectivity index (χ0n) is 11.5. The van der Waals surface area contributed by atoms with Crippen LogP contribution < -0.4 is 15.4 Å². The molecule has 0 atom stereocenters. The van der Waals surface area contributed by atoms with Crippen molar-refractivity contribution < 1.29 is 4.74 Å². The monoisotopic (exact) mass is 268 g/mol. The molecule has 1 aromatic carbocycles. The molecule has 0 aliphatic rings. The smallest absolute Gasteiger partial charge is 0.151 e. The van der Waals surface area contributed by atoms with E-state index in [2.05, 4.69) is 4.98 Å². The summed E-state index contributed by atoms with van der Waals surface area (Å²) in [5.41, 5.74) is 7.92. The number of nitrogens with zero attached hydrogens (tertiary/aromatic N) is 3. The van der Waals surface area contributed by atoms with Crippen molar-refractivity contribution in [3.63, 3.8) is 0 Å². The van der Waals surface area contributed by atoms with Gasteiger partial charge in [-0.2, -0.15) is 5.26 Å². The van der Waals surface area contributed by atoms with Crippen LogP contribution in [0.1, 0.15) is 11.1 Å². The summed E-state index contributed by atoms with van der Waals surface area (Å²) in [6.07, 6.45) is 1.52. The fraction of sp³-hybridized carbons (Fsp3) is 0.200. The van der Waals surface area contributed by atoms with Gasteiger partial charge in [0, 0.05) is 25.4 Å². The number of hydrogen-bond acceptors (Lipinski definition) is 5. The summed E-state index contributed by atoms with van der Waals surface area (Å²) in [5.74, 6) is 1.47. The number of nitrogen functional groups attached to an aromatic ring is 1. The Morgan fingerprint density at radius 1 is 1.40 bits per heavy atom. The number of pyridine rings is 1. The summed E-state index contributed by atoms with van der Waals surface area (Å²) in [6, 6.07) is 11.4. The van der Waals surface area contributed by atoms with E-state index in [9.17, 15) is 0 Å². The van der Waals surface area contributed by atoms with Gasteiger partial charge in [-0.25, -0.2) is 4.98 Å². The van der Waals surface area contributed by atoms with Crippen molar-refractivity contribution in [2.45, 2.75) is 6.54 Å². The zero-order valence-corrected chi connectivity index (χ0v) is 11.5. The van der Waals surface area contributed by atoms with Gasteiger partial charge in [-0.1, -0.05) is 18.2 Å². The first-order valence-corrected chi connectivity index (χ1v) is 6.14. The van der Waals surface area contributed by atoms with Gasteiger partial charge < -0.3 is 15.4 Å². The lowest BCUT2D eigenvalue weighted by Gasteiger charge is -2.21. The van der Waals surface area contributed by atoms with Gasteiger partial charge in [0.05, 0.1) is 18.4 Å². The molecule has 0 aliphatic carbocycles. The SMILES string of the molecule is COc1ccccc1CN(C)c1ncc(C#N)cc1N. The van der Waals surface area contributed by atoms with Crippen LogP contribution in [-0.2, 0) is 6.54 Å². The lowest BCUT2D eigenvalue weighted by molar-refractivity contribution is 0.409. The minimum absolute atomic E-state index is 0.456. The fourth-order valence-corrected chi connectivity index (χ4v) is 2.02. The highest BCUT2D eigenvalue weighted by Crippen LogP contribution is 2.24. The van der Waals surface area contributed by atoms with E-state index in [1.807, 2.05) is 42.3 Å². The molecule has 2 aromatic rings. The third-order valence-corrected chi connectivity index (χ3v) is 2.99. The van der Waals surface area contributed by atoms with Gasteiger partial charge in [0.25, 0.3) is 0 Å². The molecule has 2 rings (SSSR count). The summed E-state index contributed by atoms with van der Waals surface area (Å²) in [7, 11) is 3.55. The van der Waals surface area contributed by atoms with Crippen LogP contribution in [0, 0.1) is 11.3 Å². The second kappa shape index (κ2) is 5.93. The minimum Gasteiger partial charge on any atom is -0.496 e. The van der Waals surface area contributed by atoms with Gasteiger partial charge in [0.15, 0.2) is 5.82 Å². The van der Waals surface area contributed by atoms with Gasteiger partial charge in [0.2, 0.25) is 0 Å². The molecule has 102 valence electrons. The first-order valence-electron chi connectivity index (χ1n) is 6.14. The number of nitriles is 1. The van der Waals surface area contributed by atoms with E-state index in [0.717, 1.165) is 11.3 Å². The molecule has 0 radical (unpaired) electrons. The quantitative estimate of drug-likeness (QED) is 0.919. The molecule has 1 aromatic heterocycles. The number of methoxy groups -OCH3 is 1.